The van der Waals surface area contributed by atoms with Crippen molar-refractivity contribution >= 4 is 28.0 Å². The van der Waals surface area contributed by atoms with Gasteiger partial charge in [0.2, 0.25) is 0 Å². The van der Waals surface area contributed by atoms with Crippen LogP contribution in [0.2, 0.25) is 0 Å². The van der Waals surface area contributed by atoms with Crippen LogP contribution in [0.25, 0.3) is 4.96 Å². The number of anilines is 1. The van der Waals surface area contributed by atoms with Gasteiger partial charge < -0.3 is 9.84 Å². The highest BCUT2D eigenvalue weighted by atomic mass is 32.1. The second kappa shape index (κ2) is 4.57. The molecule has 0 radical (unpaired) electrons. The second-order valence-electron chi connectivity index (χ2n) is 4.25. The van der Waals surface area contributed by atoms with E-state index in [1.165, 1.54) is 21.9 Å². The molecule has 0 spiro atoms. The highest BCUT2D eigenvalue weighted by molar-refractivity contribution is 7.15. The Bertz CT molecular complexity index is 861. The smallest absolute Gasteiger partial charge is 0.271 e. The first kappa shape index (κ1) is 12.5. The van der Waals surface area contributed by atoms with E-state index in [1.807, 2.05) is 5.38 Å². The predicted octanol–water partition coefficient (Wildman–Crippen LogP) is 1.61. The number of nitrogens with zero attached hydrogens (tertiary/aromatic N) is 3. The van der Waals surface area contributed by atoms with Gasteiger partial charge in [-0.25, -0.2) is 4.98 Å². The lowest BCUT2D eigenvalue weighted by Gasteiger charge is -2.01. The quantitative estimate of drug-likeness (QED) is 0.774. The number of aryl methyl sites for hydroxylation is 2. The first-order valence-corrected chi connectivity index (χ1v) is 6.65. The third-order valence-corrected chi connectivity index (χ3v) is 3.69. The van der Waals surface area contributed by atoms with E-state index in [1.54, 1.807) is 19.9 Å². The summed E-state index contributed by atoms with van der Waals surface area (Å²) in [5.74, 6) is 0.272. The van der Waals surface area contributed by atoms with Gasteiger partial charge in [0.1, 0.15) is 11.3 Å². The van der Waals surface area contributed by atoms with Crippen LogP contribution in [0.3, 0.4) is 0 Å². The summed E-state index contributed by atoms with van der Waals surface area (Å²) in [6, 6.07) is 1.57. The minimum absolute atomic E-state index is 0.0374. The first-order chi connectivity index (χ1) is 9.56. The van der Waals surface area contributed by atoms with Gasteiger partial charge in [-0.05, 0) is 13.8 Å². The molecule has 0 saturated carbocycles. The average Bonchev–Trinajstić information content (AvgIpc) is 2.97. The molecule has 0 fully saturated rings. The minimum Gasteiger partial charge on any atom is -0.360 e. The zero-order valence-electron chi connectivity index (χ0n) is 10.7. The van der Waals surface area contributed by atoms with Gasteiger partial charge in [0, 0.05) is 23.3 Å². The summed E-state index contributed by atoms with van der Waals surface area (Å²) < 4.78 is 6.26. The number of amides is 1. The fourth-order valence-electron chi connectivity index (χ4n) is 1.79. The standard InChI is InChI=1S/C12H10N4O3S/c1-6-5-20-12-13-4-8(11(18)16(6)12)10(17)14-9-3-7(2)19-15-9/h3-5H,1-2H3,(H,14,15,17). The van der Waals surface area contributed by atoms with Gasteiger partial charge in [0.05, 0.1) is 0 Å². The maximum atomic E-state index is 12.3. The Hall–Kier alpha value is -2.48. The summed E-state index contributed by atoms with van der Waals surface area (Å²) in [7, 11) is 0. The maximum Gasteiger partial charge on any atom is 0.271 e. The number of thiazole rings is 1. The molecule has 20 heavy (non-hydrogen) atoms. The molecular formula is C12H10N4O3S. The normalized spacial score (nSPS) is 10.9. The van der Waals surface area contributed by atoms with Crippen LogP contribution in [-0.4, -0.2) is 20.4 Å². The molecule has 3 aromatic rings. The molecule has 0 aliphatic heterocycles. The third-order valence-electron chi connectivity index (χ3n) is 2.73. The average molecular weight is 290 g/mol. The first-order valence-electron chi connectivity index (χ1n) is 5.77. The number of carbonyl (C=O) groups excluding carboxylic acids is 1. The van der Waals surface area contributed by atoms with Gasteiger partial charge in [-0.3, -0.25) is 14.0 Å². The van der Waals surface area contributed by atoms with Crippen LogP contribution in [0.5, 0.6) is 0 Å². The Kier molecular flexibility index (Phi) is 2.87. The zero-order valence-corrected chi connectivity index (χ0v) is 11.5. The van der Waals surface area contributed by atoms with E-state index in [2.05, 4.69) is 15.5 Å². The Morgan fingerprint density at radius 3 is 2.95 bits per heavy atom. The van der Waals surface area contributed by atoms with Crippen molar-refractivity contribution in [2.45, 2.75) is 13.8 Å². The molecule has 3 heterocycles. The molecule has 0 aliphatic carbocycles. The number of carbonyl (C=O) groups is 1. The Balaban J connectivity index is 2.01. The fourth-order valence-corrected chi connectivity index (χ4v) is 2.62. The summed E-state index contributed by atoms with van der Waals surface area (Å²) in [5.41, 5.74) is 0.311. The van der Waals surface area contributed by atoms with E-state index in [0.717, 1.165) is 5.69 Å². The lowest BCUT2D eigenvalue weighted by molar-refractivity contribution is 0.102. The van der Waals surface area contributed by atoms with Crippen molar-refractivity contribution in [3.05, 3.63) is 45.0 Å². The summed E-state index contributed by atoms with van der Waals surface area (Å²) in [6.45, 7) is 3.50. The van der Waals surface area contributed by atoms with Crippen LogP contribution in [0.15, 0.2) is 27.0 Å². The summed E-state index contributed by atoms with van der Waals surface area (Å²) in [5, 5.41) is 7.96. The molecule has 3 aromatic heterocycles. The summed E-state index contributed by atoms with van der Waals surface area (Å²) in [4.78, 5) is 29.0. The highest BCUT2D eigenvalue weighted by Crippen LogP contribution is 2.12. The molecule has 0 atom stereocenters. The van der Waals surface area contributed by atoms with E-state index in [0.29, 0.717) is 10.7 Å². The SMILES string of the molecule is Cc1cc(NC(=O)c2cnc3scc(C)n3c2=O)no1. The molecule has 7 nitrogen and oxygen atoms in total. The summed E-state index contributed by atoms with van der Waals surface area (Å²) >= 11 is 1.35. The Morgan fingerprint density at radius 2 is 2.25 bits per heavy atom. The number of fused-ring (bicyclic) bond motifs is 1. The molecular weight excluding hydrogens is 280 g/mol. The third kappa shape index (κ3) is 1.99. The van der Waals surface area contributed by atoms with Crippen LogP contribution in [-0.2, 0) is 0 Å². The molecule has 0 unspecified atom stereocenters. The van der Waals surface area contributed by atoms with Crippen LogP contribution in [0.4, 0.5) is 5.82 Å². The van der Waals surface area contributed by atoms with Crippen LogP contribution in [0, 0.1) is 13.8 Å². The van der Waals surface area contributed by atoms with Crippen molar-refractivity contribution in [1.82, 2.24) is 14.5 Å². The van der Waals surface area contributed by atoms with Gasteiger partial charge in [-0.1, -0.05) is 5.16 Å². The zero-order chi connectivity index (χ0) is 14.3. The van der Waals surface area contributed by atoms with Gasteiger partial charge >= 0.3 is 0 Å². The molecule has 102 valence electrons. The lowest BCUT2D eigenvalue weighted by Crippen LogP contribution is -2.26. The second-order valence-corrected chi connectivity index (χ2v) is 5.09. The lowest BCUT2D eigenvalue weighted by atomic mass is 10.3. The molecule has 8 heteroatoms. The van der Waals surface area contributed by atoms with Gasteiger partial charge in [0.25, 0.3) is 11.5 Å². The largest absolute Gasteiger partial charge is 0.360 e. The van der Waals surface area contributed by atoms with Crippen molar-refractivity contribution in [2.24, 2.45) is 0 Å². The maximum absolute atomic E-state index is 12.3. The van der Waals surface area contributed by atoms with E-state index in [4.69, 9.17) is 4.52 Å². The van der Waals surface area contributed by atoms with Gasteiger partial charge in [-0.2, -0.15) is 0 Å². The summed E-state index contributed by atoms with van der Waals surface area (Å²) in [6.07, 6.45) is 1.27. The minimum atomic E-state index is -0.559. The van der Waals surface area contributed by atoms with Gasteiger partial charge in [-0.15, -0.1) is 11.3 Å². The van der Waals surface area contributed by atoms with Crippen molar-refractivity contribution in [1.29, 1.82) is 0 Å². The molecule has 0 bridgehead atoms. The van der Waals surface area contributed by atoms with Crippen molar-refractivity contribution in [3.63, 3.8) is 0 Å². The van der Waals surface area contributed by atoms with E-state index in [9.17, 15) is 9.59 Å². The van der Waals surface area contributed by atoms with Crippen molar-refractivity contribution in [2.75, 3.05) is 5.32 Å². The molecule has 0 saturated heterocycles. The topological polar surface area (TPSA) is 89.5 Å². The Labute approximate surface area is 116 Å². The molecule has 0 aliphatic rings. The van der Waals surface area contributed by atoms with E-state index in [-0.39, 0.29) is 11.4 Å². The number of aromatic nitrogens is 3. The van der Waals surface area contributed by atoms with Crippen LogP contribution < -0.4 is 10.9 Å². The van der Waals surface area contributed by atoms with E-state index >= 15 is 0 Å². The molecule has 3 rings (SSSR count). The van der Waals surface area contributed by atoms with Crippen molar-refractivity contribution in [3.8, 4) is 0 Å². The number of nitrogens with one attached hydrogen (secondary N) is 1. The monoisotopic (exact) mass is 290 g/mol. The molecule has 1 amide bonds. The van der Waals surface area contributed by atoms with Crippen LogP contribution >= 0.6 is 11.3 Å². The number of rotatable bonds is 2. The number of hydrogen-bond acceptors (Lipinski definition) is 6. The highest BCUT2D eigenvalue weighted by Gasteiger charge is 2.16. The molecule has 0 aromatic carbocycles. The number of hydrogen-bond donors (Lipinski definition) is 1. The van der Waals surface area contributed by atoms with Crippen LogP contribution in [0.1, 0.15) is 21.8 Å². The van der Waals surface area contributed by atoms with Crippen molar-refractivity contribution < 1.29 is 9.32 Å². The van der Waals surface area contributed by atoms with E-state index < -0.39 is 11.5 Å². The predicted molar refractivity (Wildman–Crippen MR) is 73.3 cm³/mol. The van der Waals surface area contributed by atoms with Gasteiger partial charge in [0.15, 0.2) is 10.8 Å². The molecule has 1 N–H and O–H groups in total. The fraction of sp³-hybridized carbons (Fsp3) is 0.167. The Morgan fingerprint density at radius 1 is 1.45 bits per heavy atom.